The van der Waals surface area contributed by atoms with Crippen LogP contribution in [0.25, 0.3) is 0 Å². The van der Waals surface area contributed by atoms with Gasteiger partial charge in [0.2, 0.25) is 5.82 Å². The first-order chi connectivity index (χ1) is 12.8. The van der Waals surface area contributed by atoms with Gasteiger partial charge in [0, 0.05) is 12.3 Å². The Hall–Kier alpha value is -3.33. The van der Waals surface area contributed by atoms with Crippen molar-refractivity contribution in [2.45, 2.75) is 0 Å². The molecule has 0 aliphatic rings. The summed E-state index contributed by atoms with van der Waals surface area (Å²) in [4.78, 5) is 0. The van der Waals surface area contributed by atoms with E-state index in [4.69, 9.17) is 5.73 Å². The second kappa shape index (κ2) is 6.89. The Labute approximate surface area is 154 Å². The van der Waals surface area contributed by atoms with Crippen LogP contribution >= 0.6 is 0 Å². The lowest BCUT2D eigenvalue weighted by atomic mass is 9.24. The van der Waals surface area contributed by atoms with Crippen LogP contribution in [0.4, 0.5) is 5.82 Å². The van der Waals surface area contributed by atoms with Crippen molar-refractivity contribution in [3.05, 3.63) is 115 Å². The predicted octanol–water partition coefficient (Wildman–Crippen LogP) is 2.07. The molecule has 0 amide bonds. The lowest BCUT2D eigenvalue weighted by Gasteiger charge is -2.41. The van der Waals surface area contributed by atoms with Gasteiger partial charge in [0.1, 0.15) is 0 Å². The molecule has 1 aromatic heterocycles. The van der Waals surface area contributed by atoms with Gasteiger partial charge in [-0.15, -0.1) is 0 Å². The summed E-state index contributed by atoms with van der Waals surface area (Å²) in [6.07, 6.45) is 0.636. The molecule has 0 aliphatic heterocycles. The van der Waals surface area contributed by atoms with Gasteiger partial charge in [-0.3, -0.25) is 5.73 Å². The number of benzene rings is 3. The zero-order chi connectivity index (χ0) is 17.8. The monoisotopic (exact) mass is 336 g/mol. The fourth-order valence-corrected chi connectivity index (χ4v) is 4.08. The molecule has 3 aromatic carbocycles. The topological polar surface area (TPSA) is 29.9 Å². The number of pyridine rings is 1. The number of aromatic nitrogens is 1. The van der Waals surface area contributed by atoms with Crippen LogP contribution in [0, 0.1) is 0 Å². The first-order valence-corrected chi connectivity index (χ1v) is 8.92. The van der Waals surface area contributed by atoms with E-state index in [1.54, 1.807) is 0 Å². The molecule has 26 heavy (non-hydrogen) atoms. The number of nitrogens with two attached hydrogens (primary N) is 1. The molecule has 2 N–H and O–H groups in total. The summed E-state index contributed by atoms with van der Waals surface area (Å²) < 4.78 is 2.22. The molecule has 1 heterocycles. The third-order valence-electron chi connectivity index (χ3n) is 5.19. The highest BCUT2D eigenvalue weighted by molar-refractivity contribution is 7.05. The number of anilines is 1. The predicted molar refractivity (Wildman–Crippen MR) is 110 cm³/mol. The van der Waals surface area contributed by atoms with Crippen molar-refractivity contribution >= 4 is 28.5 Å². The maximum atomic E-state index is 6.50. The van der Waals surface area contributed by atoms with Crippen molar-refractivity contribution in [3.63, 3.8) is 0 Å². The summed E-state index contributed by atoms with van der Waals surface area (Å²) in [6, 6.07) is 37.9. The van der Waals surface area contributed by atoms with Crippen molar-refractivity contribution in [3.8, 4) is 0 Å². The minimum Gasteiger partial charge on any atom is -0.419 e. The summed E-state index contributed by atoms with van der Waals surface area (Å²) in [5, 5.41) is 0. The molecule has 0 aliphatic carbocycles. The van der Waals surface area contributed by atoms with E-state index in [0.717, 1.165) is 5.82 Å². The average molecular weight is 336 g/mol. The molecule has 0 bridgehead atoms. The lowest BCUT2D eigenvalue weighted by Crippen LogP contribution is -2.85. The van der Waals surface area contributed by atoms with Crippen LogP contribution in [0.3, 0.4) is 0 Å². The van der Waals surface area contributed by atoms with Crippen LogP contribution < -0.4 is 26.6 Å². The lowest BCUT2D eigenvalue weighted by molar-refractivity contribution is -0.523. The molecule has 4 rings (SSSR count). The van der Waals surface area contributed by atoms with Gasteiger partial charge in [-0.1, -0.05) is 97.1 Å². The highest BCUT2D eigenvalue weighted by Crippen LogP contribution is 2.07. The minimum absolute atomic E-state index is 0.740. The quantitative estimate of drug-likeness (QED) is 0.568. The molecule has 0 fully saturated rings. The molecular formula is C23H21BN2. The summed E-state index contributed by atoms with van der Waals surface area (Å²) in [5.74, 6) is 0.740. The zero-order valence-electron chi connectivity index (χ0n) is 14.6. The molecule has 0 radical (unpaired) electrons. The van der Waals surface area contributed by atoms with Crippen LogP contribution in [0.15, 0.2) is 115 Å². The van der Waals surface area contributed by atoms with E-state index in [-0.39, 0.29) is 0 Å². The van der Waals surface area contributed by atoms with Gasteiger partial charge in [-0.25, -0.2) is 0 Å². The molecule has 0 saturated heterocycles. The van der Waals surface area contributed by atoms with Gasteiger partial charge in [-0.05, 0) is 6.07 Å². The van der Waals surface area contributed by atoms with Gasteiger partial charge in [0.15, 0.2) is 0 Å². The second-order valence-corrected chi connectivity index (χ2v) is 6.59. The van der Waals surface area contributed by atoms with Crippen LogP contribution in [-0.4, -0.2) is 6.28 Å². The first kappa shape index (κ1) is 16.2. The molecule has 0 unspecified atom stereocenters. The van der Waals surface area contributed by atoms with Crippen molar-refractivity contribution in [1.82, 2.24) is 0 Å². The number of hydrogen-bond donors (Lipinski definition) is 1. The average Bonchev–Trinajstić information content (AvgIpc) is 2.72. The van der Waals surface area contributed by atoms with Crippen molar-refractivity contribution in [2.24, 2.45) is 0 Å². The van der Waals surface area contributed by atoms with Crippen molar-refractivity contribution in [1.29, 1.82) is 0 Å². The van der Waals surface area contributed by atoms with E-state index in [2.05, 4.69) is 102 Å². The van der Waals surface area contributed by atoms with E-state index in [0.29, 0.717) is 0 Å². The normalized spacial score (nSPS) is 11.2. The highest BCUT2D eigenvalue weighted by Gasteiger charge is 2.38. The van der Waals surface area contributed by atoms with Gasteiger partial charge >= 0.3 is 0 Å². The van der Waals surface area contributed by atoms with Crippen LogP contribution in [0.5, 0.6) is 0 Å². The molecule has 0 atom stereocenters. The van der Waals surface area contributed by atoms with Crippen molar-refractivity contribution < 1.29 is 4.48 Å². The van der Waals surface area contributed by atoms with Crippen molar-refractivity contribution in [2.75, 3.05) is 5.73 Å². The Balaban J connectivity index is 2.17. The Morgan fingerprint density at radius 2 is 0.885 bits per heavy atom. The minimum atomic E-state index is -1.45. The van der Waals surface area contributed by atoms with Gasteiger partial charge in [0.05, 0.1) is 0 Å². The van der Waals surface area contributed by atoms with E-state index in [1.165, 1.54) is 16.4 Å². The van der Waals surface area contributed by atoms with Crippen LogP contribution in [0.1, 0.15) is 0 Å². The van der Waals surface area contributed by atoms with Gasteiger partial charge < -0.3 is 4.48 Å². The summed E-state index contributed by atoms with van der Waals surface area (Å²) >= 11 is 0. The fourth-order valence-electron chi connectivity index (χ4n) is 4.08. The fraction of sp³-hybridized carbons (Fsp3) is 0. The molecule has 126 valence electrons. The Morgan fingerprint density at radius 3 is 1.27 bits per heavy atom. The number of nitrogen functional groups attached to an aromatic ring is 1. The first-order valence-electron chi connectivity index (χ1n) is 8.92. The van der Waals surface area contributed by atoms with E-state index >= 15 is 0 Å². The Bertz CT molecular complexity index is 889. The van der Waals surface area contributed by atoms with Gasteiger partial charge in [-0.2, -0.15) is 16.4 Å². The maximum absolute atomic E-state index is 6.50. The van der Waals surface area contributed by atoms with E-state index < -0.39 is 6.28 Å². The maximum Gasteiger partial charge on any atom is 0.271 e. The summed E-state index contributed by atoms with van der Waals surface area (Å²) in [5.41, 5.74) is 10.2. The number of hydrogen-bond acceptors (Lipinski definition) is 1. The molecule has 4 aromatic rings. The molecule has 3 heteroatoms. The van der Waals surface area contributed by atoms with E-state index in [9.17, 15) is 0 Å². The van der Waals surface area contributed by atoms with E-state index in [1.807, 2.05) is 18.2 Å². The SMILES string of the molecule is Nc1cccc[n+]1[B-](c1ccccc1)(c1ccccc1)c1ccccc1. The standard InChI is InChI=1S/C23H21BN2/c25-23-18-10-11-19-26(23)24(20-12-4-1-5-13-20,21-14-6-2-7-15-21)22-16-8-3-9-17-22/h1-19H,25H2. The molecular weight excluding hydrogens is 315 g/mol. The highest BCUT2D eigenvalue weighted by atomic mass is 15.0. The van der Waals surface area contributed by atoms with Crippen LogP contribution in [0.2, 0.25) is 0 Å². The molecule has 2 nitrogen and oxygen atoms in total. The second-order valence-electron chi connectivity index (χ2n) is 6.59. The smallest absolute Gasteiger partial charge is 0.271 e. The Kier molecular flexibility index (Phi) is 4.28. The Morgan fingerprint density at radius 1 is 0.500 bits per heavy atom. The number of nitrogens with zero attached hydrogens (tertiary/aromatic N) is 1. The third kappa shape index (κ3) is 2.58. The largest absolute Gasteiger partial charge is 0.419 e. The zero-order valence-corrected chi connectivity index (χ0v) is 14.6. The summed E-state index contributed by atoms with van der Waals surface area (Å²) in [7, 11) is 0. The molecule has 0 spiro atoms. The third-order valence-corrected chi connectivity index (χ3v) is 5.19. The number of rotatable bonds is 4. The molecule has 0 saturated carbocycles. The van der Waals surface area contributed by atoms with Crippen LogP contribution in [-0.2, 0) is 0 Å². The van der Waals surface area contributed by atoms with Gasteiger partial charge in [0.25, 0.3) is 6.28 Å². The summed E-state index contributed by atoms with van der Waals surface area (Å²) in [6.45, 7) is 0.